The Hall–Kier alpha value is -1.05. The van der Waals surface area contributed by atoms with Crippen molar-refractivity contribution in [2.24, 2.45) is 11.7 Å². The van der Waals surface area contributed by atoms with E-state index in [0.717, 1.165) is 10.4 Å². The van der Waals surface area contributed by atoms with Crippen molar-refractivity contribution < 1.29 is 0 Å². The Morgan fingerprint density at radius 1 is 0.857 bits per heavy atom. The van der Waals surface area contributed by atoms with Crippen LogP contribution in [0.4, 0.5) is 0 Å². The van der Waals surface area contributed by atoms with E-state index in [9.17, 15) is 0 Å². The predicted octanol–water partition coefficient (Wildman–Crippen LogP) is 5.85. The largest absolute Gasteiger partial charge is 0.324 e. The SMILES string of the molecule is NC(c1ccc(Cl)c2ccccc12)C1CCCCCCC1. The van der Waals surface area contributed by atoms with Crippen LogP contribution in [0.5, 0.6) is 0 Å². The lowest BCUT2D eigenvalue weighted by molar-refractivity contribution is 0.328. The normalized spacial score (nSPS) is 19.1. The maximum Gasteiger partial charge on any atom is 0.0484 e. The molecule has 1 unspecified atom stereocenters. The third-order valence-corrected chi connectivity index (χ3v) is 5.25. The quantitative estimate of drug-likeness (QED) is 0.739. The van der Waals surface area contributed by atoms with Crippen molar-refractivity contribution in [3.8, 4) is 0 Å². The number of fused-ring (bicyclic) bond motifs is 1. The summed E-state index contributed by atoms with van der Waals surface area (Å²) in [6, 6.07) is 12.6. The van der Waals surface area contributed by atoms with Crippen molar-refractivity contribution in [1.29, 1.82) is 0 Å². The second kappa shape index (κ2) is 6.81. The molecular formula is C19H24ClN. The molecular weight excluding hydrogens is 278 g/mol. The van der Waals surface area contributed by atoms with Gasteiger partial charge in [0.05, 0.1) is 0 Å². The van der Waals surface area contributed by atoms with Crippen LogP contribution >= 0.6 is 11.6 Å². The van der Waals surface area contributed by atoms with Crippen LogP contribution in [0.15, 0.2) is 36.4 Å². The van der Waals surface area contributed by atoms with Crippen molar-refractivity contribution in [2.75, 3.05) is 0 Å². The fourth-order valence-electron chi connectivity index (χ4n) is 3.68. The fourth-order valence-corrected chi connectivity index (χ4v) is 3.90. The van der Waals surface area contributed by atoms with Crippen molar-refractivity contribution in [3.63, 3.8) is 0 Å². The first-order chi connectivity index (χ1) is 10.3. The molecule has 1 nitrogen and oxygen atoms in total. The maximum absolute atomic E-state index is 6.66. The number of hydrogen-bond acceptors (Lipinski definition) is 1. The lowest BCUT2D eigenvalue weighted by atomic mass is 9.82. The summed E-state index contributed by atoms with van der Waals surface area (Å²) in [7, 11) is 0. The van der Waals surface area contributed by atoms with Crippen LogP contribution in [-0.4, -0.2) is 0 Å². The molecule has 1 fully saturated rings. The van der Waals surface area contributed by atoms with E-state index in [1.54, 1.807) is 0 Å². The second-order valence-corrected chi connectivity index (χ2v) is 6.72. The topological polar surface area (TPSA) is 26.0 Å². The molecule has 112 valence electrons. The molecule has 3 rings (SSSR count). The molecule has 1 saturated carbocycles. The van der Waals surface area contributed by atoms with Gasteiger partial charge < -0.3 is 5.73 Å². The van der Waals surface area contributed by atoms with Crippen LogP contribution < -0.4 is 5.73 Å². The summed E-state index contributed by atoms with van der Waals surface area (Å²) >= 11 is 6.33. The minimum Gasteiger partial charge on any atom is -0.324 e. The van der Waals surface area contributed by atoms with Gasteiger partial charge in [-0.1, -0.05) is 74.0 Å². The third-order valence-electron chi connectivity index (χ3n) is 4.92. The number of rotatable bonds is 2. The molecule has 0 heterocycles. The van der Waals surface area contributed by atoms with Gasteiger partial charge in [-0.2, -0.15) is 0 Å². The zero-order chi connectivity index (χ0) is 14.7. The van der Waals surface area contributed by atoms with Gasteiger partial charge in [0.1, 0.15) is 0 Å². The highest BCUT2D eigenvalue weighted by atomic mass is 35.5. The molecule has 2 aromatic carbocycles. The van der Waals surface area contributed by atoms with Gasteiger partial charge in [0.2, 0.25) is 0 Å². The summed E-state index contributed by atoms with van der Waals surface area (Å²) in [4.78, 5) is 0. The van der Waals surface area contributed by atoms with Gasteiger partial charge in [0.15, 0.2) is 0 Å². The van der Waals surface area contributed by atoms with Gasteiger partial charge in [-0.15, -0.1) is 0 Å². The predicted molar refractivity (Wildman–Crippen MR) is 91.7 cm³/mol. The molecule has 1 aliphatic carbocycles. The van der Waals surface area contributed by atoms with Crippen molar-refractivity contribution in [3.05, 3.63) is 47.0 Å². The van der Waals surface area contributed by atoms with Crippen LogP contribution in [0.1, 0.15) is 56.6 Å². The summed E-state index contributed by atoms with van der Waals surface area (Å²) in [6.07, 6.45) is 9.30. The summed E-state index contributed by atoms with van der Waals surface area (Å²) in [5.74, 6) is 0.606. The molecule has 21 heavy (non-hydrogen) atoms. The number of hydrogen-bond donors (Lipinski definition) is 1. The van der Waals surface area contributed by atoms with Gasteiger partial charge in [0.25, 0.3) is 0 Å². The average molecular weight is 302 g/mol. The molecule has 2 aromatic rings. The monoisotopic (exact) mass is 301 g/mol. The average Bonchev–Trinajstić information content (AvgIpc) is 2.47. The highest BCUT2D eigenvalue weighted by molar-refractivity contribution is 6.35. The van der Waals surface area contributed by atoms with Crippen LogP contribution in [0, 0.1) is 5.92 Å². The molecule has 2 N–H and O–H groups in total. The molecule has 0 amide bonds. The van der Waals surface area contributed by atoms with E-state index in [1.165, 1.54) is 55.9 Å². The van der Waals surface area contributed by atoms with Gasteiger partial charge in [-0.05, 0) is 35.8 Å². The molecule has 0 saturated heterocycles. The number of nitrogens with two attached hydrogens (primary N) is 1. The highest BCUT2D eigenvalue weighted by Crippen LogP contribution is 2.36. The first kappa shape index (κ1) is 14.9. The minimum atomic E-state index is 0.130. The van der Waals surface area contributed by atoms with Gasteiger partial charge in [-0.25, -0.2) is 0 Å². The maximum atomic E-state index is 6.66. The van der Waals surface area contributed by atoms with E-state index in [1.807, 2.05) is 12.1 Å². The summed E-state index contributed by atoms with van der Waals surface area (Å²) in [5, 5.41) is 3.16. The Kier molecular flexibility index (Phi) is 4.82. The fraction of sp³-hybridized carbons (Fsp3) is 0.474. The molecule has 0 bridgehead atoms. The zero-order valence-electron chi connectivity index (χ0n) is 12.5. The Balaban J connectivity index is 1.93. The summed E-state index contributed by atoms with van der Waals surface area (Å²) in [6.45, 7) is 0. The molecule has 1 aliphatic rings. The Labute approximate surface area is 132 Å². The molecule has 0 aromatic heterocycles. The van der Waals surface area contributed by atoms with Crippen molar-refractivity contribution >= 4 is 22.4 Å². The second-order valence-electron chi connectivity index (χ2n) is 6.31. The van der Waals surface area contributed by atoms with Crippen molar-refractivity contribution in [2.45, 2.75) is 51.0 Å². The molecule has 0 spiro atoms. The van der Waals surface area contributed by atoms with Crippen LogP contribution in [0.3, 0.4) is 0 Å². The van der Waals surface area contributed by atoms with E-state index in [-0.39, 0.29) is 6.04 Å². The first-order valence-corrected chi connectivity index (χ1v) is 8.58. The van der Waals surface area contributed by atoms with Gasteiger partial charge in [0, 0.05) is 16.5 Å². The van der Waals surface area contributed by atoms with E-state index in [0.29, 0.717) is 5.92 Å². The standard InChI is InChI=1S/C19H24ClN/c20-18-13-12-17(15-10-6-7-11-16(15)18)19(21)14-8-4-2-1-3-5-9-14/h6-7,10-14,19H,1-5,8-9,21H2. The van der Waals surface area contributed by atoms with Gasteiger partial charge >= 0.3 is 0 Å². The minimum absolute atomic E-state index is 0.130. The summed E-state index contributed by atoms with van der Waals surface area (Å²) < 4.78 is 0. The molecule has 0 aliphatic heterocycles. The molecule has 1 atom stereocenters. The third kappa shape index (κ3) is 3.25. The number of halogens is 1. The van der Waals surface area contributed by atoms with E-state index >= 15 is 0 Å². The Morgan fingerprint density at radius 3 is 2.19 bits per heavy atom. The molecule has 0 radical (unpaired) electrons. The smallest absolute Gasteiger partial charge is 0.0484 e. The highest BCUT2D eigenvalue weighted by Gasteiger charge is 2.22. The van der Waals surface area contributed by atoms with Crippen molar-refractivity contribution in [1.82, 2.24) is 0 Å². The lowest BCUT2D eigenvalue weighted by Crippen LogP contribution is -2.22. The van der Waals surface area contributed by atoms with E-state index in [4.69, 9.17) is 17.3 Å². The zero-order valence-corrected chi connectivity index (χ0v) is 13.3. The van der Waals surface area contributed by atoms with E-state index in [2.05, 4.69) is 24.3 Å². The van der Waals surface area contributed by atoms with Crippen LogP contribution in [-0.2, 0) is 0 Å². The Morgan fingerprint density at radius 2 is 1.48 bits per heavy atom. The van der Waals surface area contributed by atoms with Crippen LogP contribution in [0.2, 0.25) is 5.02 Å². The molecule has 2 heteroatoms. The van der Waals surface area contributed by atoms with Gasteiger partial charge in [-0.3, -0.25) is 0 Å². The Bertz CT molecular complexity index is 600. The first-order valence-electron chi connectivity index (χ1n) is 8.20. The van der Waals surface area contributed by atoms with Crippen LogP contribution in [0.25, 0.3) is 10.8 Å². The lowest BCUT2D eigenvalue weighted by Gasteiger charge is -2.27. The summed E-state index contributed by atoms with van der Waals surface area (Å²) in [5.41, 5.74) is 7.93. The van der Waals surface area contributed by atoms with E-state index < -0.39 is 0 Å². The number of benzene rings is 2.